The van der Waals surface area contributed by atoms with Crippen molar-refractivity contribution in [2.75, 3.05) is 27.2 Å². The summed E-state index contributed by atoms with van der Waals surface area (Å²) in [6.07, 6.45) is 4.60. The van der Waals surface area contributed by atoms with Crippen molar-refractivity contribution >= 4 is 6.03 Å². The molecule has 1 aliphatic rings. The van der Waals surface area contributed by atoms with Crippen LogP contribution in [0.2, 0.25) is 0 Å². The zero-order chi connectivity index (χ0) is 15.1. The van der Waals surface area contributed by atoms with Crippen LogP contribution < -0.4 is 0 Å². The van der Waals surface area contributed by atoms with Crippen molar-refractivity contribution in [3.8, 4) is 0 Å². The predicted molar refractivity (Wildman–Crippen MR) is 73.6 cm³/mol. The topological polar surface area (TPSA) is 149 Å². The van der Waals surface area contributed by atoms with E-state index in [1.165, 1.54) is 0 Å². The maximum absolute atomic E-state index is 11.0. The fraction of sp³-hybridized carbons (Fsp3) is 0.455. The number of rotatable bonds is 0. The SMILES string of the molecule is CN1CCCN(C)C1=O.O.OO.OO.[Mo].c1ccncc1. The number of amides is 2. The minimum atomic E-state index is 0. The molecule has 0 radical (unpaired) electrons. The predicted octanol–water partition coefficient (Wildman–Crippen LogP) is 0.663. The molecule has 0 unspecified atom stereocenters. The molecule has 0 aromatic carbocycles. The van der Waals surface area contributed by atoms with Crippen LogP contribution in [0.15, 0.2) is 30.6 Å². The van der Waals surface area contributed by atoms with Crippen molar-refractivity contribution < 1.29 is 52.4 Å². The maximum Gasteiger partial charge on any atom is 0.319 e. The van der Waals surface area contributed by atoms with Crippen LogP contribution in [0.25, 0.3) is 0 Å². The Morgan fingerprint density at radius 2 is 1.33 bits per heavy atom. The third-order valence-electron chi connectivity index (χ3n) is 2.21. The van der Waals surface area contributed by atoms with Crippen LogP contribution in [-0.4, -0.2) is 74.5 Å². The molecule has 0 bridgehead atoms. The summed E-state index contributed by atoms with van der Waals surface area (Å²) >= 11 is 0. The Hall–Kier alpha value is -1.09. The monoisotopic (exact) mass is 391 g/mol. The van der Waals surface area contributed by atoms with Gasteiger partial charge in [0.25, 0.3) is 0 Å². The van der Waals surface area contributed by atoms with Gasteiger partial charge >= 0.3 is 6.03 Å². The van der Waals surface area contributed by atoms with Gasteiger partial charge in [-0.2, -0.15) is 0 Å². The first kappa shape index (κ1) is 28.1. The van der Waals surface area contributed by atoms with Crippen LogP contribution in [0.4, 0.5) is 4.79 Å². The molecule has 1 aliphatic heterocycles. The van der Waals surface area contributed by atoms with E-state index in [4.69, 9.17) is 21.0 Å². The fourth-order valence-electron chi connectivity index (χ4n) is 1.34. The Morgan fingerprint density at radius 3 is 1.52 bits per heavy atom. The molecular formula is C11H23MoN3O6. The van der Waals surface area contributed by atoms with Crippen molar-refractivity contribution in [3.63, 3.8) is 0 Å². The van der Waals surface area contributed by atoms with Crippen molar-refractivity contribution in [1.82, 2.24) is 14.8 Å². The summed E-state index contributed by atoms with van der Waals surface area (Å²) in [5.74, 6) is 0. The molecule has 1 aromatic heterocycles. The Balaban J connectivity index is -0.000000107. The summed E-state index contributed by atoms with van der Waals surface area (Å²) in [7, 11) is 3.66. The molecule has 1 aromatic rings. The smallest absolute Gasteiger partial charge is 0.319 e. The van der Waals surface area contributed by atoms with Crippen molar-refractivity contribution in [3.05, 3.63) is 30.6 Å². The quantitative estimate of drug-likeness (QED) is 0.291. The van der Waals surface area contributed by atoms with Gasteiger partial charge < -0.3 is 15.3 Å². The van der Waals surface area contributed by atoms with E-state index >= 15 is 0 Å². The van der Waals surface area contributed by atoms with Crippen molar-refractivity contribution in [1.29, 1.82) is 0 Å². The molecule has 2 heterocycles. The summed E-state index contributed by atoms with van der Waals surface area (Å²) in [6.45, 7) is 1.81. The fourth-order valence-corrected chi connectivity index (χ4v) is 1.34. The Labute approximate surface area is 137 Å². The minimum Gasteiger partial charge on any atom is -0.412 e. The summed E-state index contributed by atoms with van der Waals surface area (Å²) < 4.78 is 0. The standard InChI is InChI=1S/C6H12N2O.C5H5N.Mo.2H2O2.H2O/c1-7-4-3-5-8(2)6(7)9;1-2-4-6-5-3-1;;2*1-2;/h3-5H2,1-2H3;1-5H;;2*1-2H;1H2. The van der Waals surface area contributed by atoms with Crippen LogP contribution in [0.1, 0.15) is 6.42 Å². The summed E-state index contributed by atoms with van der Waals surface area (Å²) in [4.78, 5) is 18.2. The number of carbonyl (C=O) groups excluding carboxylic acids is 1. The molecule has 124 valence electrons. The van der Waals surface area contributed by atoms with Gasteiger partial charge in [0, 0.05) is 60.6 Å². The number of carbonyl (C=O) groups is 1. The van der Waals surface area contributed by atoms with Crippen LogP contribution in [0.5, 0.6) is 0 Å². The summed E-state index contributed by atoms with van der Waals surface area (Å²) in [5, 5.41) is 24.0. The van der Waals surface area contributed by atoms with Gasteiger partial charge in [-0.15, -0.1) is 0 Å². The van der Waals surface area contributed by atoms with Gasteiger partial charge in [-0.05, 0) is 18.6 Å². The second-order valence-corrected chi connectivity index (χ2v) is 3.50. The number of hydrogen-bond acceptors (Lipinski definition) is 6. The number of urea groups is 1. The first-order chi connectivity index (χ1) is 9.22. The minimum absolute atomic E-state index is 0. The van der Waals surface area contributed by atoms with Gasteiger partial charge in [-0.25, -0.2) is 4.79 Å². The van der Waals surface area contributed by atoms with Gasteiger partial charge in [0.1, 0.15) is 0 Å². The van der Waals surface area contributed by atoms with Gasteiger partial charge in [-0.3, -0.25) is 26.0 Å². The summed E-state index contributed by atoms with van der Waals surface area (Å²) in [5.41, 5.74) is 0. The molecular weight excluding hydrogens is 366 g/mol. The van der Waals surface area contributed by atoms with Crippen LogP contribution >= 0.6 is 0 Å². The molecule has 0 spiro atoms. The number of hydrogen-bond donors (Lipinski definition) is 4. The second-order valence-electron chi connectivity index (χ2n) is 3.50. The van der Waals surface area contributed by atoms with Gasteiger partial charge in [0.15, 0.2) is 0 Å². The van der Waals surface area contributed by atoms with E-state index in [2.05, 4.69) is 4.98 Å². The zero-order valence-corrected chi connectivity index (χ0v) is 14.0. The Morgan fingerprint density at radius 1 is 0.952 bits per heavy atom. The zero-order valence-electron chi connectivity index (χ0n) is 12.0. The molecule has 0 atom stereocenters. The average Bonchev–Trinajstić information content (AvgIpc) is 2.51. The van der Waals surface area contributed by atoms with E-state index in [-0.39, 0.29) is 32.6 Å². The van der Waals surface area contributed by atoms with Crippen LogP contribution in [-0.2, 0) is 21.1 Å². The maximum atomic E-state index is 11.0. The first-order valence-electron chi connectivity index (χ1n) is 5.43. The molecule has 2 amide bonds. The number of nitrogens with zero attached hydrogens (tertiary/aromatic N) is 3. The molecule has 0 saturated carbocycles. The third-order valence-corrected chi connectivity index (χ3v) is 2.21. The number of pyridine rings is 1. The van der Waals surface area contributed by atoms with E-state index < -0.39 is 0 Å². The van der Waals surface area contributed by atoms with E-state index in [1.54, 1.807) is 22.2 Å². The Kier molecular flexibility index (Phi) is 28.4. The van der Waals surface area contributed by atoms with Crippen LogP contribution in [0.3, 0.4) is 0 Å². The van der Waals surface area contributed by atoms with Crippen molar-refractivity contribution in [2.45, 2.75) is 6.42 Å². The molecule has 9 nitrogen and oxygen atoms in total. The van der Waals surface area contributed by atoms with Gasteiger partial charge in [0.2, 0.25) is 0 Å². The third kappa shape index (κ3) is 15.1. The Bertz CT molecular complexity index is 269. The van der Waals surface area contributed by atoms with Gasteiger partial charge in [0.05, 0.1) is 0 Å². The second kappa shape index (κ2) is 21.2. The van der Waals surface area contributed by atoms with Crippen molar-refractivity contribution in [2.24, 2.45) is 0 Å². The average molecular weight is 389 g/mol. The molecule has 6 N–H and O–H groups in total. The normalized spacial score (nSPS) is 11.8. The largest absolute Gasteiger partial charge is 0.412 e. The number of aromatic nitrogens is 1. The van der Waals surface area contributed by atoms with Crippen LogP contribution in [0, 0.1) is 0 Å². The van der Waals surface area contributed by atoms with E-state index in [0.29, 0.717) is 0 Å². The molecule has 10 heteroatoms. The molecule has 0 aliphatic carbocycles. The molecule has 1 saturated heterocycles. The molecule has 21 heavy (non-hydrogen) atoms. The molecule has 2 rings (SSSR count). The van der Waals surface area contributed by atoms with E-state index in [0.717, 1.165) is 19.5 Å². The summed E-state index contributed by atoms with van der Waals surface area (Å²) in [6, 6.07) is 5.86. The van der Waals surface area contributed by atoms with E-state index in [9.17, 15) is 4.79 Å². The van der Waals surface area contributed by atoms with E-state index in [1.807, 2.05) is 32.3 Å². The van der Waals surface area contributed by atoms with Gasteiger partial charge in [-0.1, -0.05) is 6.07 Å². The first-order valence-corrected chi connectivity index (χ1v) is 5.43. The molecule has 1 fully saturated rings.